The van der Waals surface area contributed by atoms with Crippen LogP contribution in [0.15, 0.2) is 0 Å². The van der Waals surface area contributed by atoms with Gasteiger partial charge in [-0.25, -0.2) is 8.78 Å². The molecule has 8 heteroatoms. The third-order valence-corrected chi connectivity index (χ3v) is 2.38. The van der Waals surface area contributed by atoms with Crippen molar-refractivity contribution in [3.8, 4) is 6.01 Å². The third-order valence-electron chi connectivity index (χ3n) is 2.21. The Bertz CT molecular complexity index is 404. The molecule has 5 nitrogen and oxygen atoms in total. The lowest BCUT2D eigenvalue weighted by molar-refractivity contribution is 0.0256. The van der Waals surface area contributed by atoms with Crippen LogP contribution >= 0.6 is 11.6 Å². The van der Waals surface area contributed by atoms with Gasteiger partial charge in [0.2, 0.25) is 11.2 Å². The second kappa shape index (κ2) is 3.97. The number of aromatic nitrogens is 3. The number of nitrogens with zero attached hydrogens (tertiary/aromatic N) is 4. The number of hydrogen-bond donors (Lipinski definition) is 0. The predicted octanol–water partition coefficient (Wildman–Crippen LogP) is 1.38. The van der Waals surface area contributed by atoms with E-state index < -0.39 is 12.5 Å². The summed E-state index contributed by atoms with van der Waals surface area (Å²) in [4.78, 5) is 12.7. The van der Waals surface area contributed by atoms with Crippen molar-refractivity contribution in [2.75, 3.05) is 25.1 Å². The van der Waals surface area contributed by atoms with E-state index >= 15 is 0 Å². The number of ether oxygens (including phenoxy) is 1. The van der Waals surface area contributed by atoms with Crippen LogP contribution in [-0.4, -0.2) is 41.1 Å². The van der Waals surface area contributed by atoms with Gasteiger partial charge in [-0.15, -0.1) is 0 Å². The molecule has 0 bridgehead atoms. The van der Waals surface area contributed by atoms with Crippen molar-refractivity contribution >= 4 is 17.5 Å². The zero-order valence-corrected chi connectivity index (χ0v) is 9.21. The van der Waals surface area contributed by atoms with Crippen LogP contribution in [0.25, 0.3) is 0 Å². The predicted molar refractivity (Wildman–Crippen MR) is 53.2 cm³/mol. The smallest absolute Gasteiger partial charge is 0.322 e. The highest BCUT2D eigenvalue weighted by Crippen LogP contribution is 2.29. The fourth-order valence-corrected chi connectivity index (χ4v) is 1.61. The van der Waals surface area contributed by atoms with Crippen molar-refractivity contribution in [2.45, 2.75) is 12.3 Å². The van der Waals surface area contributed by atoms with Crippen LogP contribution < -0.4 is 9.64 Å². The average molecular weight is 251 g/mol. The van der Waals surface area contributed by atoms with Crippen LogP contribution in [0.1, 0.15) is 6.42 Å². The summed E-state index contributed by atoms with van der Waals surface area (Å²) >= 11 is 5.62. The zero-order chi connectivity index (χ0) is 11.8. The molecule has 1 aromatic rings. The van der Waals surface area contributed by atoms with Crippen molar-refractivity contribution in [1.82, 2.24) is 15.0 Å². The molecule has 0 spiro atoms. The summed E-state index contributed by atoms with van der Waals surface area (Å²) in [6, 6.07) is 0.0187. The standard InChI is InChI=1S/C8H9ClF2N4O/c1-16-7-13-5(9)12-6(14-7)15-3-2-8(10,11)4-15/h2-4H2,1H3. The van der Waals surface area contributed by atoms with Gasteiger partial charge in [0.05, 0.1) is 13.7 Å². The number of methoxy groups -OCH3 is 1. The Labute approximate surface area is 95.4 Å². The molecule has 1 aromatic heterocycles. The number of alkyl halides is 2. The van der Waals surface area contributed by atoms with Crippen LogP contribution in [0.5, 0.6) is 6.01 Å². The van der Waals surface area contributed by atoms with E-state index in [2.05, 4.69) is 15.0 Å². The molecule has 0 N–H and O–H groups in total. The summed E-state index contributed by atoms with van der Waals surface area (Å²) < 4.78 is 30.8. The third kappa shape index (κ3) is 2.29. The normalized spacial score (nSPS) is 18.9. The largest absolute Gasteiger partial charge is 0.467 e. The SMILES string of the molecule is COc1nc(Cl)nc(N2CCC(F)(F)C2)n1. The summed E-state index contributed by atoms with van der Waals surface area (Å²) in [7, 11) is 1.37. The molecule has 88 valence electrons. The number of rotatable bonds is 2. The fraction of sp³-hybridized carbons (Fsp3) is 0.625. The minimum Gasteiger partial charge on any atom is -0.467 e. The van der Waals surface area contributed by atoms with Gasteiger partial charge in [0.25, 0.3) is 5.92 Å². The molecule has 0 saturated carbocycles. The molecule has 1 saturated heterocycles. The molecule has 16 heavy (non-hydrogen) atoms. The lowest BCUT2D eigenvalue weighted by atomic mass is 10.3. The van der Waals surface area contributed by atoms with E-state index in [1.54, 1.807) is 0 Å². The molecular weight excluding hydrogens is 242 g/mol. The van der Waals surface area contributed by atoms with Crippen molar-refractivity contribution in [3.05, 3.63) is 5.28 Å². The lowest BCUT2D eigenvalue weighted by Crippen LogP contribution is -2.26. The van der Waals surface area contributed by atoms with Crippen LogP contribution in [0.3, 0.4) is 0 Å². The highest BCUT2D eigenvalue weighted by molar-refractivity contribution is 6.28. The van der Waals surface area contributed by atoms with Gasteiger partial charge >= 0.3 is 6.01 Å². The molecule has 0 unspecified atom stereocenters. The van der Waals surface area contributed by atoms with Gasteiger partial charge < -0.3 is 9.64 Å². The summed E-state index contributed by atoms with van der Waals surface area (Å²) in [5.41, 5.74) is 0. The van der Waals surface area contributed by atoms with E-state index in [9.17, 15) is 8.78 Å². The molecule has 1 aliphatic heterocycles. The Morgan fingerprint density at radius 1 is 1.38 bits per heavy atom. The molecule has 1 aliphatic rings. The van der Waals surface area contributed by atoms with Crippen molar-refractivity contribution in [1.29, 1.82) is 0 Å². The molecule has 0 radical (unpaired) electrons. The van der Waals surface area contributed by atoms with Gasteiger partial charge in [0.1, 0.15) is 0 Å². The molecule has 0 aromatic carbocycles. The molecule has 0 aliphatic carbocycles. The molecule has 0 atom stereocenters. The summed E-state index contributed by atoms with van der Waals surface area (Å²) in [5, 5.41) is -0.0722. The maximum absolute atomic E-state index is 13.0. The van der Waals surface area contributed by atoms with E-state index in [1.165, 1.54) is 12.0 Å². The van der Waals surface area contributed by atoms with Gasteiger partial charge in [-0.1, -0.05) is 0 Å². The monoisotopic (exact) mass is 250 g/mol. The van der Waals surface area contributed by atoms with E-state index in [0.29, 0.717) is 0 Å². The molecule has 2 heterocycles. The minimum absolute atomic E-state index is 0.0187. The van der Waals surface area contributed by atoms with Gasteiger partial charge in [0, 0.05) is 13.0 Å². The Morgan fingerprint density at radius 3 is 2.69 bits per heavy atom. The van der Waals surface area contributed by atoms with Crippen LogP contribution in [0, 0.1) is 0 Å². The van der Waals surface area contributed by atoms with Gasteiger partial charge in [-0.05, 0) is 11.6 Å². The highest BCUT2D eigenvalue weighted by atomic mass is 35.5. The first-order valence-electron chi connectivity index (χ1n) is 4.58. The Hall–Kier alpha value is -1.24. The quantitative estimate of drug-likeness (QED) is 0.794. The summed E-state index contributed by atoms with van der Waals surface area (Å²) in [6.07, 6.45) is -0.210. The Kier molecular flexibility index (Phi) is 2.79. The first-order valence-corrected chi connectivity index (χ1v) is 4.96. The second-order valence-corrected chi connectivity index (χ2v) is 3.76. The Morgan fingerprint density at radius 2 is 2.12 bits per heavy atom. The summed E-state index contributed by atoms with van der Waals surface area (Å²) in [5.74, 6) is -2.58. The van der Waals surface area contributed by atoms with Crippen molar-refractivity contribution < 1.29 is 13.5 Å². The van der Waals surface area contributed by atoms with E-state index in [1.807, 2.05) is 0 Å². The van der Waals surface area contributed by atoms with Gasteiger partial charge in [-0.2, -0.15) is 15.0 Å². The van der Waals surface area contributed by atoms with E-state index in [-0.39, 0.29) is 30.2 Å². The van der Waals surface area contributed by atoms with Crippen molar-refractivity contribution in [3.63, 3.8) is 0 Å². The van der Waals surface area contributed by atoms with Crippen LogP contribution in [0.4, 0.5) is 14.7 Å². The first-order chi connectivity index (χ1) is 7.50. The Balaban J connectivity index is 2.24. The number of anilines is 1. The highest BCUT2D eigenvalue weighted by Gasteiger charge is 2.39. The maximum Gasteiger partial charge on any atom is 0.322 e. The van der Waals surface area contributed by atoms with E-state index in [4.69, 9.17) is 16.3 Å². The fourth-order valence-electron chi connectivity index (χ4n) is 1.46. The van der Waals surface area contributed by atoms with Crippen molar-refractivity contribution in [2.24, 2.45) is 0 Å². The minimum atomic E-state index is -2.70. The van der Waals surface area contributed by atoms with E-state index in [0.717, 1.165) is 0 Å². The number of halogens is 3. The zero-order valence-electron chi connectivity index (χ0n) is 8.45. The van der Waals surface area contributed by atoms with Crippen LogP contribution in [0.2, 0.25) is 5.28 Å². The summed E-state index contributed by atoms with van der Waals surface area (Å²) in [6.45, 7) is -0.215. The van der Waals surface area contributed by atoms with Gasteiger partial charge in [-0.3, -0.25) is 0 Å². The lowest BCUT2D eigenvalue weighted by Gasteiger charge is -2.15. The van der Waals surface area contributed by atoms with Crippen LogP contribution in [-0.2, 0) is 0 Å². The molecule has 1 fully saturated rings. The maximum atomic E-state index is 13.0. The van der Waals surface area contributed by atoms with Gasteiger partial charge in [0.15, 0.2) is 0 Å². The second-order valence-electron chi connectivity index (χ2n) is 3.42. The average Bonchev–Trinajstić information content (AvgIpc) is 2.58. The topological polar surface area (TPSA) is 51.1 Å². The molecule has 2 rings (SSSR count). The first kappa shape index (κ1) is 11.3. The molecule has 0 amide bonds. The molecular formula is C8H9ClF2N4O. The number of hydrogen-bond acceptors (Lipinski definition) is 5.